The van der Waals surface area contributed by atoms with Gasteiger partial charge in [-0.05, 0) is 42.5 Å². The van der Waals surface area contributed by atoms with Gasteiger partial charge in [0.2, 0.25) is 5.89 Å². The summed E-state index contributed by atoms with van der Waals surface area (Å²) in [4.78, 5) is 16.4. The van der Waals surface area contributed by atoms with Crippen LogP contribution in [-0.4, -0.2) is 35.4 Å². The van der Waals surface area contributed by atoms with Crippen LogP contribution in [0.3, 0.4) is 0 Å². The van der Waals surface area contributed by atoms with Crippen molar-refractivity contribution in [2.45, 2.75) is 45.6 Å². The molecule has 182 valence electrons. The van der Waals surface area contributed by atoms with Crippen LogP contribution in [0.2, 0.25) is 0 Å². The number of nitrogens with zero attached hydrogens (tertiary/aromatic N) is 1. The van der Waals surface area contributed by atoms with Gasteiger partial charge in [-0.1, -0.05) is 61.9 Å². The molecule has 4 aromatic rings. The third-order valence-corrected chi connectivity index (χ3v) is 5.98. The Labute approximate surface area is 205 Å². The monoisotopic (exact) mass is 473 g/mol. The van der Waals surface area contributed by atoms with E-state index in [1.54, 1.807) is 0 Å². The topological polar surface area (TPSA) is 81.8 Å². The number of unbranched alkanes of at least 4 members (excludes halogenated alkanes) is 1. The largest absolute Gasteiger partial charge is 0.493 e. The van der Waals surface area contributed by atoms with Crippen molar-refractivity contribution in [3.63, 3.8) is 0 Å². The number of oxazole rings is 1. The minimum absolute atomic E-state index is 0.306. The molecule has 3 aromatic carbocycles. The molecular weight excluding hydrogens is 442 g/mol. The summed E-state index contributed by atoms with van der Waals surface area (Å²) in [5.74, 6) is 1.22. The Bertz CT molecular complexity index is 1260. The first kappa shape index (κ1) is 24.5. The highest BCUT2D eigenvalue weighted by Gasteiger charge is 2.20. The second-order valence-electron chi connectivity index (χ2n) is 8.51. The first-order chi connectivity index (χ1) is 17.1. The molecule has 0 saturated heterocycles. The zero-order valence-electron chi connectivity index (χ0n) is 20.2. The van der Waals surface area contributed by atoms with E-state index in [1.165, 1.54) is 0 Å². The fourth-order valence-electron chi connectivity index (χ4n) is 4.05. The van der Waals surface area contributed by atoms with Gasteiger partial charge in [0.05, 0.1) is 12.3 Å². The minimum Gasteiger partial charge on any atom is -0.493 e. The van der Waals surface area contributed by atoms with Crippen LogP contribution >= 0.6 is 0 Å². The van der Waals surface area contributed by atoms with Crippen LogP contribution in [0.1, 0.15) is 36.8 Å². The van der Waals surface area contributed by atoms with Crippen molar-refractivity contribution in [3.05, 3.63) is 83.7 Å². The number of aryl methyl sites for hydroxylation is 1. The van der Waals surface area contributed by atoms with E-state index in [0.717, 1.165) is 51.9 Å². The molecule has 1 atom stereocenters. The van der Waals surface area contributed by atoms with Crippen LogP contribution in [0.15, 0.2) is 71.1 Å². The number of carbonyl (C=O) groups is 1. The van der Waals surface area contributed by atoms with Crippen LogP contribution in [0.25, 0.3) is 22.2 Å². The lowest BCUT2D eigenvalue weighted by Crippen LogP contribution is -2.27. The number of hydrogen-bond donors (Lipinski definition) is 1. The average molecular weight is 474 g/mol. The molecule has 0 amide bonds. The number of hydrogen-bond acceptors (Lipinski definition) is 5. The highest BCUT2D eigenvalue weighted by atomic mass is 16.5. The van der Waals surface area contributed by atoms with Gasteiger partial charge in [-0.15, -0.1) is 0 Å². The van der Waals surface area contributed by atoms with E-state index in [4.69, 9.17) is 13.9 Å². The molecule has 1 aromatic heterocycles. The summed E-state index contributed by atoms with van der Waals surface area (Å²) in [5.41, 5.74) is 2.75. The van der Waals surface area contributed by atoms with Crippen LogP contribution < -0.4 is 4.74 Å². The fourth-order valence-corrected chi connectivity index (χ4v) is 4.05. The van der Waals surface area contributed by atoms with Gasteiger partial charge in [-0.25, -0.2) is 9.78 Å². The highest BCUT2D eigenvalue weighted by molar-refractivity contribution is 5.91. The van der Waals surface area contributed by atoms with Gasteiger partial charge < -0.3 is 19.0 Å². The molecule has 1 heterocycles. The third kappa shape index (κ3) is 6.08. The first-order valence-electron chi connectivity index (χ1n) is 12.1. The zero-order valence-corrected chi connectivity index (χ0v) is 20.2. The maximum atomic E-state index is 11.7. The van der Waals surface area contributed by atoms with Gasteiger partial charge in [-0.3, -0.25) is 0 Å². The number of fused-ring (bicyclic) bond motifs is 1. The summed E-state index contributed by atoms with van der Waals surface area (Å²) in [5, 5.41) is 11.5. The van der Waals surface area contributed by atoms with E-state index in [1.807, 2.05) is 73.7 Å². The van der Waals surface area contributed by atoms with Gasteiger partial charge in [-0.2, -0.15) is 0 Å². The van der Waals surface area contributed by atoms with Crippen LogP contribution in [-0.2, 0) is 22.4 Å². The zero-order chi connectivity index (χ0) is 24.6. The number of aliphatic carboxylic acids is 1. The molecule has 6 heteroatoms. The van der Waals surface area contributed by atoms with Crippen LogP contribution in [0.5, 0.6) is 5.75 Å². The Kier molecular flexibility index (Phi) is 8.16. The highest BCUT2D eigenvalue weighted by Crippen LogP contribution is 2.30. The lowest BCUT2D eigenvalue weighted by Gasteiger charge is -2.16. The Morgan fingerprint density at radius 1 is 1.00 bits per heavy atom. The lowest BCUT2D eigenvalue weighted by molar-refractivity contribution is -0.150. The van der Waals surface area contributed by atoms with E-state index in [0.29, 0.717) is 31.9 Å². The van der Waals surface area contributed by atoms with E-state index >= 15 is 0 Å². The second kappa shape index (κ2) is 11.7. The molecule has 1 unspecified atom stereocenters. The van der Waals surface area contributed by atoms with Gasteiger partial charge in [0.15, 0.2) is 6.10 Å². The predicted octanol–water partition coefficient (Wildman–Crippen LogP) is 6.24. The van der Waals surface area contributed by atoms with Crippen LogP contribution in [0.4, 0.5) is 0 Å². The molecule has 0 aliphatic heterocycles. The number of aromatic nitrogens is 1. The maximum Gasteiger partial charge on any atom is 0.333 e. The van der Waals surface area contributed by atoms with E-state index in [2.05, 4.69) is 11.9 Å². The summed E-state index contributed by atoms with van der Waals surface area (Å²) in [6.45, 7) is 4.86. The van der Waals surface area contributed by atoms with E-state index in [-0.39, 0.29) is 0 Å². The Morgan fingerprint density at radius 2 is 1.74 bits per heavy atom. The van der Waals surface area contributed by atoms with Gasteiger partial charge in [0.1, 0.15) is 11.5 Å². The first-order valence-corrected chi connectivity index (χ1v) is 12.1. The molecule has 4 rings (SSSR count). The van der Waals surface area contributed by atoms with Gasteiger partial charge in [0, 0.05) is 30.4 Å². The molecule has 0 spiro atoms. The third-order valence-electron chi connectivity index (χ3n) is 5.98. The van der Waals surface area contributed by atoms with E-state index < -0.39 is 12.1 Å². The molecule has 0 bridgehead atoms. The van der Waals surface area contributed by atoms with Crippen molar-refractivity contribution in [1.82, 2.24) is 4.98 Å². The molecule has 0 radical (unpaired) electrons. The molecule has 35 heavy (non-hydrogen) atoms. The van der Waals surface area contributed by atoms with Crippen molar-refractivity contribution >= 4 is 16.7 Å². The number of rotatable bonds is 12. The molecule has 0 aliphatic carbocycles. The molecule has 0 saturated carbocycles. The van der Waals surface area contributed by atoms with Crippen molar-refractivity contribution in [3.8, 4) is 17.2 Å². The maximum absolute atomic E-state index is 11.7. The van der Waals surface area contributed by atoms with E-state index in [9.17, 15) is 9.90 Å². The standard InChI is InChI=1S/C29H31NO5/c1-3-4-17-33-27(29(31)32)19-22-14-15-26(24-13-9-8-12-23(22)24)34-18-16-25-20(2)35-28(30-25)21-10-6-5-7-11-21/h5-15,27H,3-4,16-19H2,1-2H3,(H,31,32). The molecule has 0 fully saturated rings. The van der Waals surface area contributed by atoms with Crippen LogP contribution in [0, 0.1) is 6.92 Å². The van der Waals surface area contributed by atoms with Crippen molar-refractivity contribution in [2.75, 3.05) is 13.2 Å². The minimum atomic E-state index is -0.941. The summed E-state index contributed by atoms with van der Waals surface area (Å²) in [7, 11) is 0. The molecule has 1 N–H and O–H groups in total. The summed E-state index contributed by atoms with van der Waals surface area (Å²) in [6.07, 6.45) is 1.86. The molecule has 0 aliphatic rings. The smallest absolute Gasteiger partial charge is 0.333 e. The molecular formula is C29H31NO5. The quantitative estimate of drug-likeness (QED) is 0.245. The number of carboxylic acids is 1. The second-order valence-corrected chi connectivity index (χ2v) is 8.51. The fraction of sp³-hybridized carbons (Fsp3) is 0.310. The average Bonchev–Trinajstić information content (AvgIpc) is 3.25. The van der Waals surface area contributed by atoms with Crippen molar-refractivity contribution in [1.29, 1.82) is 0 Å². The number of carboxylic acid groups (broad SMARTS) is 1. The SMILES string of the molecule is CCCCOC(Cc1ccc(OCCc2nc(-c3ccccc3)oc2C)c2ccccc12)C(=O)O. The Hall–Kier alpha value is -3.64. The normalized spacial score (nSPS) is 12.1. The number of benzene rings is 3. The van der Waals surface area contributed by atoms with Crippen molar-refractivity contribution in [2.24, 2.45) is 0 Å². The number of ether oxygens (including phenoxy) is 2. The van der Waals surface area contributed by atoms with Gasteiger partial charge >= 0.3 is 5.97 Å². The summed E-state index contributed by atoms with van der Waals surface area (Å²) < 4.78 is 17.6. The Balaban J connectivity index is 1.46. The lowest BCUT2D eigenvalue weighted by atomic mass is 9.99. The summed E-state index contributed by atoms with van der Waals surface area (Å²) >= 11 is 0. The van der Waals surface area contributed by atoms with Gasteiger partial charge in [0.25, 0.3) is 0 Å². The van der Waals surface area contributed by atoms with Crippen molar-refractivity contribution < 1.29 is 23.8 Å². The molecule has 6 nitrogen and oxygen atoms in total. The Morgan fingerprint density at radius 3 is 2.49 bits per heavy atom. The predicted molar refractivity (Wildman–Crippen MR) is 136 cm³/mol. The summed E-state index contributed by atoms with van der Waals surface area (Å²) in [6, 6.07) is 21.6.